The molecule has 3 nitrogen and oxygen atoms in total. The molecule has 100 valence electrons. The van der Waals surface area contributed by atoms with Gasteiger partial charge in [0.1, 0.15) is 5.60 Å². The highest BCUT2D eigenvalue weighted by molar-refractivity contribution is 5.88. The Morgan fingerprint density at radius 2 is 1.55 bits per heavy atom. The highest BCUT2D eigenvalue weighted by atomic mass is 16.3. The summed E-state index contributed by atoms with van der Waals surface area (Å²) < 4.78 is 0. The Morgan fingerprint density at radius 1 is 1.00 bits per heavy atom. The maximum absolute atomic E-state index is 12.1. The van der Waals surface area contributed by atoms with Gasteiger partial charge in [-0.1, -0.05) is 48.5 Å². The van der Waals surface area contributed by atoms with Gasteiger partial charge in [0.15, 0.2) is 0 Å². The Hall–Kier alpha value is -2.13. The summed E-state index contributed by atoms with van der Waals surface area (Å²) in [5, 5.41) is 14.2. The molecule has 1 atom stereocenters. The first kappa shape index (κ1) is 11.7. The van der Waals surface area contributed by atoms with Crippen LogP contribution in [-0.2, 0) is 10.4 Å². The first-order valence-electron chi connectivity index (χ1n) is 6.92. The van der Waals surface area contributed by atoms with Crippen molar-refractivity contribution in [3.8, 4) is 11.1 Å². The highest BCUT2D eigenvalue weighted by Crippen LogP contribution is 2.52. The number of carbonyl (C=O) groups is 1. The van der Waals surface area contributed by atoms with Gasteiger partial charge in [-0.2, -0.15) is 0 Å². The van der Waals surface area contributed by atoms with Crippen molar-refractivity contribution >= 4 is 5.91 Å². The molecule has 1 heterocycles. The fourth-order valence-electron chi connectivity index (χ4n) is 3.61. The van der Waals surface area contributed by atoms with Crippen LogP contribution < -0.4 is 5.32 Å². The van der Waals surface area contributed by atoms with Crippen LogP contribution in [0.2, 0.25) is 0 Å². The quantitative estimate of drug-likeness (QED) is 0.829. The van der Waals surface area contributed by atoms with Crippen molar-refractivity contribution in [2.45, 2.75) is 12.0 Å². The third-order valence-corrected chi connectivity index (χ3v) is 4.52. The second-order valence-corrected chi connectivity index (χ2v) is 5.49. The van der Waals surface area contributed by atoms with Crippen molar-refractivity contribution in [2.75, 3.05) is 6.54 Å². The minimum absolute atomic E-state index is 0.0565. The minimum Gasteiger partial charge on any atom is -0.380 e. The predicted octanol–water partition coefficient (Wildman–Crippen LogP) is 2.04. The molecule has 0 aromatic heterocycles. The van der Waals surface area contributed by atoms with Crippen LogP contribution in [0, 0.1) is 5.92 Å². The molecule has 2 aromatic rings. The van der Waals surface area contributed by atoms with Crippen LogP contribution in [0.5, 0.6) is 0 Å². The van der Waals surface area contributed by atoms with E-state index in [1.807, 2.05) is 48.5 Å². The van der Waals surface area contributed by atoms with Gasteiger partial charge in [-0.25, -0.2) is 0 Å². The monoisotopic (exact) mass is 265 g/mol. The van der Waals surface area contributed by atoms with Gasteiger partial charge < -0.3 is 10.4 Å². The van der Waals surface area contributed by atoms with Crippen molar-refractivity contribution in [1.82, 2.24) is 5.32 Å². The number of carbonyl (C=O) groups excluding carboxylic acids is 1. The fourth-order valence-corrected chi connectivity index (χ4v) is 3.61. The normalized spacial score (nSPS) is 22.2. The van der Waals surface area contributed by atoms with E-state index in [4.69, 9.17) is 0 Å². The summed E-state index contributed by atoms with van der Waals surface area (Å²) in [5.74, 6) is -0.466. The molecule has 1 amide bonds. The van der Waals surface area contributed by atoms with Gasteiger partial charge in [-0.05, 0) is 28.7 Å². The Kier molecular flexibility index (Phi) is 2.30. The minimum atomic E-state index is -1.20. The molecule has 2 aliphatic rings. The van der Waals surface area contributed by atoms with Crippen LogP contribution in [0.3, 0.4) is 0 Å². The van der Waals surface area contributed by atoms with Gasteiger partial charge in [0, 0.05) is 6.54 Å². The number of aliphatic hydroxyl groups is 1. The topological polar surface area (TPSA) is 49.3 Å². The Balaban J connectivity index is 2.02. The SMILES string of the molecule is O=C1NCCC1C1(O)c2ccccc2-c2ccccc21. The summed E-state index contributed by atoms with van der Waals surface area (Å²) in [6.07, 6.45) is 0.665. The molecule has 0 radical (unpaired) electrons. The van der Waals surface area contributed by atoms with E-state index >= 15 is 0 Å². The summed E-state index contributed by atoms with van der Waals surface area (Å²) in [4.78, 5) is 12.1. The van der Waals surface area contributed by atoms with Gasteiger partial charge in [-0.15, -0.1) is 0 Å². The number of hydrogen-bond donors (Lipinski definition) is 2. The average Bonchev–Trinajstić information content (AvgIpc) is 3.02. The van der Waals surface area contributed by atoms with Gasteiger partial charge in [0.2, 0.25) is 5.91 Å². The van der Waals surface area contributed by atoms with Crippen molar-refractivity contribution in [3.63, 3.8) is 0 Å². The zero-order valence-electron chi connectivity index (χ0n) is 11.0. The van der Waals surface area contributed by atoms with E-state index in [1.54, 1.807) is 0 Å². The molecule has 1 aliphatic carbocycles. The van der Waals surface area contributed by atoms with Crippen molar-refractivity contribution < 1.29 is 9.90 Å². The largest absolute Gasteiger partial charge is 0.380 e. The van der Waals surface area contributed by atoms with Gasteiger partial charge in [0.25, 0.3) is 0 Å². The number of rotatable bonds is 1. The van der Waals surface area contributed by atoms with Crippen molar-refractivity contribution in [2.24, 2.45) is 5.92 Å². The summed E-state index contributed by atoms with van der Waals surface area (Å²) in [6.45, 7) is 0.635. The average molecular weight is 265 g/mol. The molecular formula is C17H15NO2. The molecule has 0 bridgehead atoms. The van der Waals surface area contributed by atoms with E-state index in [0.717, 1.165) is 22.3 Å². The molecule has 1 aliphatic heterocycles. The van der Waals surface area contributed by atoms with Crippen LogP contribution in [0.25, 0.3) is 11.1 Å². The molecule has 1 saturated heterocycles. The molecule has 1 fully saturated rings. The number of nitrogens with one attached hydrogen (secondary N) is 1. The summed E-state index contributed by atoms with van der Waals surface area (Å²) >= 11 is 0. The number of fused-ring (bicyclic) bond motifs is 3. The highest BCUT2D eigenvalue weighted by Gasteiger charge is 2.51. The third-order valence-electron chi connectivity index (χ3n) is 4.52. The molecule has 3 heteroatoms. The van der Waals surface area contributed by atoms with E-state index in [0.29, 0.717) is 13.0 Å². The van der Waals surface area contributed by atoms with Crippen LogP contribution >= 0.6 is 0 Å². The van der Waals surface area contributed by atoms with E-state index in [-0.39, 0.29) is 5.91 Å². The molecule has 2 N–H and O–H groups in total. The van der Waals surface area contributed by atoms with E-state index in [1.165, 1.54) is 0 Å². The van der Waals surface area contributed by atoms with Crippen LogP contribution in [0.4, 0.5) is 0 Å². The molecular weight excluding hydrogens is 250 g/mol. The number of amides is 1. The molecule has 20 heavy (non-hydrogen) atoms. The maximum atomic E-state index is 12.1. The molecule has 4 rings (SSSR count). The van der Waals surface area contributed by atoms with Crippen LogP contribution in [0.1, 0.15) is 17.5 Å². The van der Waals surface area contributed by atoms with Crippen LogP contribution in [-0.4, -0.2) is 17.6 Å². The van der Waals surface area contributed by atoms with Gasteiger partial charge in [0.05, 0.1) is 5.92 Å². The fraction of sp³-hybridized carbons (Fsp3) is 0.235. The smallest absolute Gasteiger partial charge is 0.226 e. The van der Waals surface area contributed by atoms with Crippen molar-refractivity contribution in [1.29, 1.82) is 0 Å². The first-order valence-corrected chi connectivity index (χ1v) is 6.92. The van der Waals surface area contributed by atoms with Crippen LogP contribution in [0.15, 0.2) is 48.5 Å². The predicted molar refractivity (Wildman–Crippen MR) is 76.0 cm³/mol. The lowest BCUT2D eigenvalue weighted by molar-refractivity contribution is -0.128. The molecule has 1 unspecified atom stereocenters. The Morgan fingerprint density at radius 3 is 2.05 bits per heavy atom. The molecule has 0 saturated carbocycles. The van der Waals surface area contributed by atoms with E-state index < -0.39 is 11.5 Å². The second-order valence-electron chi connectivity index (χ2n) is 5.49. The second kappa shape index (κ2) is 3.93. The number of hydrogen-bond acceptors (Lipinski definition) is 2. The zero-order valence-corrected chi connectivity index (χ0v) is 11.0. The lowest BCUT2D eigenvalue weighted by Crippen LogP contribution is -2.39. The molecule has 0 spiro atoms. The summed E-state index contributed by atoms with van der Waals surface area (Å²) in [7, 11) is 0. The van der Waals surface area contributed by atoms with Gasteiger partial charge >= 0.3 is 0 Å². The first-order chi connectivity index (χ1) is 9.73. The van der Waals surface area contributed by atoms with Crippen molar-refractivity contribution in [3.05, 3.63) is 59.7 Å². The standard InChI is InChI=1S/C17H15NO2/c19-16-15(9-10-18-16)17(20)13-7-3-1-5-11(13)12-6-2-4-8-14(12)17/h1-8,15,20H,9-10H2,(H,18,19). The van der Waals surface area contributed by atoms with E-state index in [2.05, 4.69) is 5.32 Å². The lowest BCUT2D eigenvalue weighted by atomic mass is 9.78. The zero-order chi connectivity index (χ0) is 13.7. The van der Waals surface area contributed by atoms with Gasteiger partial charge in [-0.3, -0.25) is 4.79 Å². The summed E-state index contributed by atoms with van der Waals surface area (Å²) in [6, 6.07) is 15.7. The lowest BCUT2D eigenvalue weighted by Gasteiger charge is -2.30. The number of benzene rings is 2. The van der Waals surface area contributed by atoms with E-state index in [9.17, 15) is 9.90 Å². The third kappa shape index (κ3) is 1.30. The Bertz CT molecular complexity index is 662. The molecule has 2 aromatic carbocycles. The maximum Gasteiger partial charge on any atom is 0.226 e. The Labute approximate surface area is 117 Å². The summed E-state index contributed by atoms with van der Waals surface area (Å²) in [5.41, 5.74) is 2.57.